The average Bonchev–Trinajstić information content (AvgIpc) is 2.50. The van der Waals surface area contributed by atoms with E-state index >= 15 is 0 Å². The molecule has 0 atom stereocenters. The minimum Gasteiger partial charge on any atom is -0.292 e. The van der Waals surface area contributed by atoms with E-state index in [-0.39, 0.29) is 0 Å². The first-order valence-electron chi connectivity index (χ1n) is 7.14. The van der Waals surface area contributed by atoms with Crippen LogP contribution >= 0.6 is 23.2 Å². The van der Waals surface area contributed by atoms with Gasteiger partial charge in [0.05, 0.1) is 0 Å². The van der Waals surface area contributed by atoms with Gasteiger partial charge in [-0.05, 0) is 35.4 Å². The zero-order chi connectivity index (χ0) is 18.8. The molecule has 0 aliphatic carbocycles. The fourth-order valence-electron chi connectivity index (χ4n) is 2.28. The van der Waals surface area contributed by atoms with Gasteiger partial charge in [-0.1, -0.05) is 47.5 Å². The Bertz CT molecular complexity index is 813. The van der Waals surface area contributed by atoms with Crippen LogP contribution in [0.3, 0.4) is 0 Å². The molecule has 2 aromatic rings. The predicted molar refractivity (Wildman–Crippen MR) is 94.2 cm³/mol. The summed E-state index contributed by atoms with van der Waals surface area (Å²) in [5, 5.41) is -0.493. The first-order chi connectivity index (χ1) is 11.5. The number of hydrogen-bond donors (Lipinski definition) is 0. The summed E-state index contributed by atoms with van der Waals surface area (Å²) in [6.07, 6.45) is 0. The molecule has 0 heterocycles. The third-order valence-electron chi connectivity index (χ3n) is 3.53. The van der Waals surface area contributed by atoms with Gasteiger partial charge in [-0.15, -0.1) is 0 Å². The number of Topliss-reactive ketones (excluding diaryl/α,β-unsaturated/α-hetero) is 1. The largest absolute Gasteiger partial charge is 0.303 e. The Morgan fingerprint density at radius 2 is 1.32 bits per heavy atom. The number of alkyl halides is 2. The van der Waals surface area contributed by atoms with Crippen LogP contribution in [0, 0.1) is 0 Å². The second kappa shape index (κ2) is 7.40. The molecule has 0 saturated heterocycles. The van der Waals surface area contributed by atoms with Crippen LogP contribution in [-0.4, -0.2) is 25.9 Å². The lowest BCUT2D eigenvalue weighted by atomic mass is 10.0. The van der Waals surface area contributed by atoms with Crippen molar-refractivity contribution >= 4 is 38.8 Å². The van der Waals surface area contributed by atoms with E-state index in [4.69, 9.17) is 23.2 Å². The summed E-state index contributed by atoms with van der Waals surface area (Å²) in [5.74, 6) is -6.65. The van der Waals surface area contributed by atoms with Crippen LogP contribution in [0.2, 0.25) is 10.0 Å². The van der Waals surface area contributed by atoms with Crippen molar-refractivity contribution in [2.45, 2.75) is 18.1 Å². The number of sulfone groups is 1. The highest BCUT2D eigenvalue weighted by Gasteiger charge is 2.39. The Balaban J connectivity index is 2.52. The molecule has 0 fully saturated rings. The van der Waals surface area contributed by atoms with Gasteiger partial charge >= 0.3 is 5.92 Å². The van der Waals surface area contributed by atoms with Gasteiger partial charge in [0.2, 0.25) is 5.78 Å². The summed E-state index contributed by atoms with van der Waals surface area (Å²) in [4.78, 5) is 11.6. The highest BCUT2D eigenvalue weighted by Crippen LogP contribution is 2.33. The summed E-state index contributed by atoms with van der Waals surface area (Å²) in [7, 11) is -4.25. The Hall–Kier alpha value is -1.50. The number of benzene rings is 2. The maximum Gasteiger partial charge on any atom is 0.303 e. The van der Waals surface area contributed by atoms with Gasteiger partial charge in [-0.3, -0.25) is 4.79 Å². The third-order valence-corrected chi connectivity index (χ3v) is 5.96. The first kappa shape index (κ1) is 19.8. The second-order valence-electron chi connectivity index (χ2n) is 5.60. The van der Waals surface area contributed by atoms with Crippen LogP contribution in [0.4, 0.5) is 8.78 Å². The number of rotatable bonds is 6. The topological polar surface area (TPSA) is 51.2 Å². The second-order valence-corrected chi connectivity index (χ2v) is 8.56. The summed E-state index contributed by atoms with van der Waals surface area (Å²) in [5.41, 5.74) is 0.637. The Morgan fingerprint density at radius 3 is 1.64 bits per heavy atom. The van der Waals surface area contributed by atoms with E-state index in [0.29, 0.717) is 28.1 Å². The molecule has 0 aliphatic heterocycles. The molecule has 0 amide bonds. The lowest BCUT2D eigenvalue weighted by Crippen LogP contribution is -2.33. The minimum absolute atomic E-state index is 0.318. The summed E-state index contributed by atoms with van der Waals surface area (Å²) in [6, 6.07) is 11.9. The zero-order valence-electron chi connectivity index (χ0n) is 13.0. The monoisotopic (exact) mass is 406 g/mol. The maximum atomic E-state index is 13.2. The number of halogens is 4. The molecule has 0 bridgehead atoms. The van der Waals surface area contributed by atoms with Gasteiger partial charge in [0.25, 0.3) is 0 Å². The fourth-order valence-corrected chi connectivity index (χ4v) is 4.46. The van der Waals surface area contributed by atoms with Gasteiger partial charge in [-0.25, -0.2) is 8.42 Å². The van der Waals surface area contributed by atoms with Crippen LogP contribution in [-0.2, 0) is 14.6 Å². The quantitative estimate of drug-likeness (QED) is 0.696. The predicted octanol–water partition coefficient (Wildman–Crippen LogP) is 4.72. The maximum absolute atomic E-state index is 13.2. The SMILES string of the molecule is CC(F)(F)C(=O)CS(=O)(=O)C(c1ccc(Cl)cc1)c1ccc(Cl)cc1. The van der Waals surface area contributed by atoms with Crippen molar-refractivity contribution in [2.75, 3.05) is 5.75 Å². The Labute approximate surface area is 154 Å². The smallest absolute Gasteiger partial charge is 0.292 e. The number of hydrogen-bond acceptors (Lipinski definition) is 3. The highest BCUT2D eigenvalue weighted by atomic mass is 35.5. The standard InChI is InChI=1S/C17H14Cl2F2O3S/c1-17(20,21)15(22)10-25(23,24)16(11-2-6-13(18)7-3-11)12-4-8-14(19)9-5-12/h2-9,16H,10H2,1H3. The zero-order valence-corrected chi connectivity index (χ0v) is 15.4. The van der Waals surface area contributed by atoms with E-state index in [0.717, 1.165) is 0 Å². The molecular formula is C17H14Cl2F2O3S. The third kappa shape index (κ3) is 5.00. The molecule has 2 rings (SSSR count). The van der Waals surface area contributed by atoms with Gasteiger partial charge in [0.1, 0.15) is 11.0 Å². The van der Waals surface area contributed by atoms with E-state index < -0.39 is 32.5 Å². The van der Waals surface area contributed by atoms with Crippen molar-refractivity contribution in [1.82, 2.24) is 0 Å². The molecule has 25 heavy (non-hydrogen) atoms. The molecule has 0 saturated carbocycles. The first-order valence-corrected chi connectivity index (χ1v) is 9.61. The Morgan fingerprint density at radius 1 is 0.960 bits per heavy atom. The van der Waals surface area contributed by atoms with Crippen molar-refractivity contribution < 1.29 is 22.0 Å². The van der Waals surface area contributed by atoms with E-state index in [1.54, 1.807) is 0 Å². The fraction of sp³-hybridized carbons (Fsp3) is 0.235. The van der Waals surface area contributed by atoms with E-state index in [2.05, 4.69) is 0 Å². The van der Waals surface area contributed by atoms with Gasteiger partial charge < -0.3 is 0 Å². The normalized spacial score (nSPS) is 12.4. The summed E-state index contributed by atoms with van der Waals surface area (Å²) < 4.78 is 51.8. The molecule has 0 N–H and O–H groups in total. The lowest BCUT2D eigenvalue weighted by molar-refractivity contribution is -0.137. The highest BCUT2D eigenvalue weighted by molar-refractivity contribution is 7.92. The van der Waals surface area contributed by atoms with Crippen molar-refractivity contribution in [1.29, 1.82) is 0 Å². The molecule has 0 aromatic heterocycles. The van der Waals surface area contributed by atoms with Crippen LogP contribution in [0.15, 0.2) is 48.5 Å². The van der Waals surface area contributed by atoms with Crippen LogP contribution in [0.25, 0.3) is 0 Å². The number of carbonyl (C=O) groups is 1. The van der Waals surface area contributed by atoms with E-state index in [9.17, 15) is 22.0 Å². The average molecular weight is 407 g/mol. The van der Waals surface area contributed by atoms with Crippen molar-refractivity contribution in [3.05, 3.63) is 69.7 Å². The molecule has 8 heteroatoms. The van der Waals surface area contributed by atoms with Crippen LogP contribution in [0.5, 0.6) is 0 Å². The van der Waals surface area contributed by atoms with Crippen LogP contribution < -0.4 is 0 Å². The summed E-state index contributed by atoms with van der Waals surface area (Å²) in [6.45, 7) is 0.379. The molecule has 0 aliphatic rings. The van der Waals surface area contributed by atoms with Crippen molar-refractivity contribution in [3.63, 3.8) is 0 Å². The molecular weight excluding hydrogens is 393 g/mol. The van der Waals surface area contributed by atoms with E-state index in [1.807, 2.05) is 0 Å². The minimum atomic E-state index is -4.25. The van der Waals surface area contributed by atoms with Crippen molar-refractivity contribution in [2.24, 2.45) is 0 Å². The van der Waals surface area contributed by atoms with Crippen LogP contribution in [0.1, 0.15) is 23.3 Å². The molecule has 0 unspecified atom stereocenters. The van der Waals surface area contributed by atoms with Gasteiger partial charge in [0, 0.05) is 17.0 Å². The van der Waals surface area contributed by atoms with Gasteiger partial charge in [0.15, 0.2) is 9.84 Å². The Kier molecular flexibility index (Phi) is 5.86. The summed E-state index contributed by atoms with van der Waals surface area (Å²) >= 11 is 11.6. The molecule has 2 aromatic carbocycles. The van der Waals surface area contributed by atoms with Crippen molar-refractivity contribution in [3.8, 4) is 0 Å². The lowest BCUT2D eigenvalue weighted by Gasteiger charge is -2.20. The molecule has 134 valence electrons. The number of carbonyl (C=O) groups excluding carboxylic acids is 1. The molecule has 3 nitrogen and oxygen atoms in total. The molecule has 0 radical (unpaired) electrons. The molecule has 0 spiro atoms. The number of ketones is 1. The van der Waals surface area contributed by atoms with E-state index in [1.165, 1.54) is 48.5 Å². The van der Waals surface area contributed by atoms with Gasteiger partial charge in [-0.2, -0.15) is 8.78 Å².